The van der Waals surface area contributed by atoms with Crippen molar-refractivity contribution in [3.05, 3.63) is 29.3 Å². The number of halogens is 1. The van der Waals surface area contributed by atoms with Crippen LogP contribution in [-0.2, 0) is 11.2 Å². The minimum absolute atomic E-state index is 0. The molecule has 0 aromatic heterocycles. The first-order valence-corrected chi connectivity index (χ1v) is 9.99. The Balaban J connectivity index is 0.00000392. The number of amides is 1. The number of nitrogens with one attached hydrogen (secondary N) is 3. The summed E-state index contributed by atoms with van der Waals surface area (Å²) >= 11 is 0. The van der Waals surface area contributed by atoms with E-state index >= 15 is 0 Å². The van der Waals surface area contributed by atoms with Crippen LogP contribution in [0, 0.1) is 6.92 Å². The van der Waals surface area contributed by atoms with E-state index in [2.05, 4.69) is 40.0 Å². The molecule has 0 spiro atoms. The third-order valence-electron chi connectivity index (χ3n) is 4.96. The van der Waals surface area contributed by atoms with Crippen molar-refractivity contribution in [3.63, 3.8) is 0 Å². The zero-order valence-electron chi connectivity index (χ0n) is 17.3. The Morgan fingerprint density at radius 2 is 1.89 bits per heavy atom. The lowest BCUT2D eigenvalue weighted by molar-refractivity contribution is -0.121. The highest BCUT2D eigenvalue weighted by molar-refractivity contribution is 14.0. The van der Waals surface area contributed by atoms with Crippen LogP contribution in [0.1, 0.15) is 49.7 Å². The lowest BCUT2D eigenvalue weighted by Gasteiger charge is -2.22. The van der Waals surface area contributed by atoms with E-state index in [0.29, 0.717) is 25.0 Å². The second-order valence-corrected chi connectivity index (χ2v) is 7.14. The number of carbonyl (C=O) groups excluding carboxylic acids is 1. The Morgan fingerprint density at radius 3 is 2.57 bits per heavy atom. The maximum absolute atomic E-state index is 12.1. The van der Waals surface area contributed by atoms with Gasteiger partial charge in [-0.1, -0.05) is 37.0 Å². The highest BCUT2D eigenvalue weighted by Crippen LogP contribution is 2.19. The lowest BCUT2D eigenvalue weighted by Crippen LogP contribution is -2.41. The SMILES string of the molecule is CN=C(NCCC(=O)NC1CCCCC1)NCCc1cc(C)ccc1OC.I. The second-order valence-electron chi connectivity index (χ2n) is 7.14. The molecule has 1 amide bonds. The van der Waals surface area contributed by atoms with Gasteiger partial charge in [0, 0.05) is 32.6 Å². The molecule has 0 saturated heterocycles. The second kappa shape index (κ2) is 13.6. The molecule has 1 aromatic carbocycles. The van der Waals surface area contributed by atoms with Gasteiger partial charge in [0.2, 0.25) is 5.91 Å². The van der Waals surface area contributed by atoms with Crippen molar-refractivity contribution in [1.82, 2.24) is 16.0 Å². The lowest BCUT2D eigenvalue weighted by atomic mass is 9.95. The molecule has 0 atom stereocenters. The van der Waals surface area contributed by atoms with Gasteiger partial charge in [0.25, 0.3) is 0 Å². The van der Waals surface area contributed by atoms with Gasteiger partial charge in [0.05, 0.1) is 7.11 Å². The Kier molecular flexibility index (Phi) is 11.9. The fourth-order valence-electron chi connectivity index (χ4n) is 3.48. The standard InChI is InChI=1S/C21H34N4O2.HI/c1-16-9-10-19(27-3)17(15-16)11-13-23-21(22-2)24-14-12-20(26)25-18-7-5-4-6-8-18;/h9-10,15,18H,4-8,11-14H2,1-3H3,(H,25,26)(H2,22,23,24);1H. The smallest absolute Gasteiger partial charge is 0.221 e. The van der Waals surface area contributed by atoms with Crippen LogP contribution in [0.5, 0.6) is 5.75 Å². The number of aryl methyl sites for hydroxylation is 1. The number of rotatable bonds is 8. The summed E-state index contributed by atoms with van der Waals surface area (Å²) in [6.45, 7) is 3.40. The summed E-state index contributed by atoms with van der Waals surface area (Å²) in [5, 5.41) is 9.65. The summed E-state index contributed by atoms with van der Waals surface area (Å²) in [6.07, 6.45) is 7.29. The summed E-state index contributed by atoms with van der Waals surface area (Å²) in [4.78, 5) is 16.3. The number of benzene rings is 1. The van der Waals surface area contributed by atoms with Crippen LogP contribution in [0.3, 0.4) is 0 Å². The monoisotopic (exact) mass is 502 g/mol. The summed E-state index contributed by atoms with van der Waals surface area (Å²) in [6, 6.07) is 6.57. The molecule has 2 rings (SSSR count). The average molecular weight is 502 g/mol. The molecule has 158 valence electrons. The van der Waals surface area contributed by atoms with Gasteiger partial charge < -0.3 is 20.7 Å². The zero-order chi connectivity index (χ0) is 19.5. The van der Waals surface area contributed by atoms with Crippen molar-refractivity contribution in [2.45, 2.75) is 57.9 Å². The molecule has 0 bridgehead atoms. The number of nitrogens with zero attached hydrogens (tertiary/aromatic N) is 1. The fourth-order valence-corrected chi connectivity index (χ4v) is 3.48. The molecule has 6 nitrogen and oxygen atoms in total. The van der Waals surface area contributed by atoms with Gasteiger partial charge in [-0.3, -0.25) is 9.79 Å². The van der Waals surface area contributed by atoms with Gasteiger partial charge in [0.15, 0.2) is 5.96 Å². The Hall–Kier alpha value is -1.51. The van der Waals surface area contributed by atoms with Crippen LogP contribution >= 0.6 is 24.0 Å². The maximum atomic E-state index is 12.1. The summed E-state index contributed by atoms with van der Waals surface area (Å²) in [5.41, 5.74) is 2.39. The van der Waals surface area contributed by atoms with Gasteiger partial charge in [-0.2, -0.15) is 0 Å². The van der Waals surface area contributed by atoms with Gasteiger partial charge in [-0.25, -0.2) is 0 Å². The number of hydrogen-bond acceptors (Lipinski definition) is 3. The molecular weight excluding hydrogens is 467 g/mol. The minimum Gasteiger partial charge on any atom is -0.496 e. The van der Waals surface area contributed by atoms with Crippen molar-refractivity contribution in [3.8, 4) is 5.75 Å². The fraction of sp³-hybridized carbons (Fsp3) is 0.619. The molecule has 0 aliphatic heterocycles. The van der Waals surface area contributed by atoms with Crippen molar-refractivity contribution < 1.29 is 9.53 Å². The summed E-state index contributed by atoms with van der Waals surface area (Å²) in [5.74, 6) is 1.74. The van der Waals surface area contributed by atoms with E-state index in [1.807, 2.05) is 6.07 Å². The van der Waals surface area contributed by atoms with Crippen LogP contribution < -0.4 is 20.7 Å². The topological polar surface area (TPSA) is 74.8 Å². The number of aliphatic imine (C=N–C) groups is 1. The van der Waals surface area contributed by atoms with E-state index in [0.717, 1.165) is 31.6 Å². The molecule has 1 aromatic rings. The summed E-state index contributed by atoms with van der Waals surface area (Å²) in [7, 11) is 3.44. The van der Waals surface area contributed by atoms with E-state index in [4.69, 9.17) is 4.74 Å². The van der Waals surface area contributed by atoms with E-state index < -0.39 is 0 Å². The van der Waals surface area contributed by atoms with Crippen LogP contribution in [0.15, 0.2) is 23.2 Å². The predicted octanol–water partition coefficient (Wildman–Crippen LogP) is 3.17. The number of guanidine groups is 1. The van der Waals surface area contributed by atoms with Crippen LogP contribution in [-0.4, -0.2) is 45.2 Å². The van der Waals surface area contributed by atoms with E-state index in [1.54, 1.807) is 14.2 Å². The Morgan fingerprint density at radius 1 is 1.18 bits per heavy atom. The van der Waals surface area contributed by atoms with Crippen molar-refractivity contribution in [2.24, 2.45) is 4.99 Å². The zero-order valence-corrected chi connectivity index (χ0v) is 19.7. The molecule has 28 heavy (non-hydrogen) atoms. The van der Waals surface area contributed by atoms with Crippen LogP contribution in [0.4, 0.5) is 0 Å². The Bertz CT molecular complexity index is 631. The third kappa shape index (κ3) is 8.67. The normalized spacial score (nSPS) is 14.8. The molecule has 0 radical (unpaired) electrons. The first kappa shape index (κ1) is 24.5. The first-order chi connectivity index (χ1) is 13.1. The van der Waals surface area contributed by atoms with Gasteiger partial charge in [-0.15, -0.1) is 24.0 Å². The van der Waals surface area contributed by atoms with Gasteiger partial charge >= 0.3 is 0 Å². The molecule has 7 heteroatoms. The predicted molar refractivity (Wildman–Crippen MR) is 126 cm³/mol. The number of methoxy groups -OCH3 is 1. The minimum atomic E-state index is 0. The molecule has 1 aliphatic carbocycles. The number of carbonyl (C=O) groups is 1. The summed E-state index contributed by atoms with van der Waals surface area (Å²) < 4.78 is 5.42. The molecule has 0 heterocycles. The van der Waals surface area contributed by atoms with E-state index in [-0.39, 0.29) is 29.9 Å². The van der Waals surface area contributed by atoms with Gasteiger partial charge in [-0.05, 0) is 37.8 Å². The quantitative estimate of drug-likeness (QED) is 0.290. The van der Waals surface area contributed by atoms with E-state index in [9.17, 15) is 4.79 Å². The third-order valence-corrected chi connectivity index (χ3v) is 4.96. The molecule has 1 saturated carbocycles. The number of hydrogen-bond donors (Lipinski definition) is 3. The maximum Gasteiger partial charge on any atom is 0.221 e. The number of ether oxygens (including phenoxy) is 1. The molecule has 1 aliphatic rings. The van der Waals surface area contributed by atoms with Crippen LogP contribution in [0.2, 0.25) is 0 Å². The van der Waals surface area contributed by atoms with Crippen molar-refractivity contribution in [1.29, 1.82) is 0 Å². The largest absolute Gasteiger partial charge is 0.496 e. The highest BCUT2D eigenvalue weighted by Gasteiger charge is 2.15. The van der Waals surface area contributed by atoms with Crippen molar-refractivity contribution in [2.75, 3.05) is 27.2 Å². The molecule has 0 unspecified atom stereocenters. The first-order valence-electron chi connectivity index (χ1n) is 9.99. The van der Waals surface area contributed by atoms with Crippen LogP contribution in [0.25, 0.3) is 0 Å². The van der Waals surface area contributed by atoms with E-state index in [1.165, 1.54) is 30.4 Å². The van der Waals surface area contributed by atoms with Crippen molar-refractivity contribution >= 4 is 35.8 Å². The molecule has 1 fully saturated rings. The Labute approximate surface area is 186 Å². The molecular formula is C21H35IN4O2. The average Bonchev–Trinajstić information content (AvgIpc) is 2.67. The van der Waals surface area contributed by atoms with Gasteiger partial charge in [0.1, 0.15) is 5.75 Å². The molecule has 3 N–H and O–H groups in total. The highest BCUT2D eigenvalue weighted by atomic mass is 127.